The molecule has 1 aromatic rings. The molecule has 1 saturated carbocycles. The molecule has 3 rings (SSSR count). The van der Waals surface area contributed by atoms with Crippen LogP contribution in [0.3, 0.4) is 0 Å². The lowest BCUT2D eigenvalue weighted by atomic mass is 9.68. The molecular weight excluding hydrogens is 353 g/mol. The Kier molecular flexibility index (Phi) is 3.82. The van der Waals surface area contributed by atoms with Crippen LogP contribution >= 0.6 is 22.6 Å². The van der Waals surface area contributed by atoms with Crippen LogP contribution in [0.5, 0.6) is 0 Å². The molecule has 0 unspecified atom stereocenters. The topological polar surface area (TPSA) is 49.0 Å². The maximum absolute atomic E-state index is 11.6. The van der Waals surface area contributed by atoms with Crippen LogP contribution in [0.4, 0.5) is 5.82 Å². The predicted octanol–water partition coefficient (Wildman–Crippen LogP) is 2.93. The SMILES string of the molecule is O=c1[nH]cnc(N2CCC3(CCCCC3)CC2)c1I. The van der Waals surface area contributed by atoms with Crippen molar-refractivity contribution >= 4 is 28.4 Å². The van der Waals surface area contributed by atoms with Gasteiger partial charge in [-0.05, 0) is 53.7 Å². The monoisotopic (exact) mass is 373 g/mol. The van der Waals surface area contributed by atoms with Crippen LogP contribution < -0.4 is 10.5 Å². The fraction of sp³-hybridized carbons (Fsp3) is 0.714. The fourth-order valence-corrected chi connectivity index (χ4v) is 4.22. The number of nitrogens with one attached hydrogen (secondary N) is 1. The number of aromatic nitrogens is 2. The molecule has 2 fully saturated rings. The number of nitrogens with zero attached hydrogens (tertiary/aromatic N) is 2. The molecule has 1 spiro atoms. The Morgan fingerprint density at radius 2 is 1.84 bits per heavy atom. The quantitative estimate of drug-likeness (QED) is 0.771. The Morgan fingerprint density at radius 3 is 2.53 bits per heavy atom. The minimum absolute atomic E-state index is 0.0245. The lowest BCUT2D eigenvalue weighted by Gasteiger charge is -2.44. The van der Waals surface area contributed by atoms with Gasteiger partial charge in [-0.3, -0.25) is 4.79 Å². The molecule has 4 nitrogen and oxygen atoms in total. The normalized spacial score (nSPS) is 22.7. The van der Waals surface area contributed by atoms with Gasteiger partial charge in [0.25, 0.3) is 5.56 Å². The molecule has 0 bridgehead atoms. The van der Waals surface area contributed by atoms with E-state index in [1.807, 2.05) is 0 Å². The van der Waals surface area contributed by atoms with E-state index in [9.17, 15) is 4.79 Å². The average Bonchev–Trinajstić information content (AvgIpc) is 2.44. The van der Waals surface area contributed by atoms with Gasteiger partial charge in [0.2, 0.25) is 0 Å². The highest BCUT2D eigenvalue weighted by atomic mass is 127. The first-order valence-corrected chi connectivity index (χ1v) is 8.26. The summed E-state index contributed by atoms with van der Waals surface area (Å²) < 4.78 is 0.722. The molecule has 104 valence electrons. The number of rotatable bonds is 1. The fourth-order valence-electron chi connectivity index (χ4n) is 3.59. The maximum Gasteiger partial charge on any atom is 0.266 e. The van der Waals surface area contributed by atoms with Crippen molar-refractivity contribution in [2.24, 2.45) is 5.41 Å². The van der Waals surface area contributed by atoms with Crippen molar-refractivity contribution in [1.82, 2.24) is 9.97 Å². The Labute approximate surface area is 127 Å². The van der Waals surface area contributed by atoms with Gasteiger partial charge in [-0.1, -0.05) is 19.3 Å². The zero-order valence-electron chi connectivity index (χ0n) is 11.1. The average molecular weight is 373 g/mol. The largest absolute Gasteiger partial charge is 0.355 e. The van der Waals surface area contributed by atoms with Gasteiger partial charge in [0, 0.05) is 13.1 Å². The molecule has 1 aliphatic carbocycles. The van der Waals surface area contributed by atoms with E-state index in [1.165, 1.54) is 51.3 Å². The first-order chi connectivity index (χ1) is 9.20. The highest BCUT2D eigenvalue weighted by Gasteiger charge is 2.36. The number of aromatic amines is 1. The molecule has 1 saturated heterocycles. The van der Waals surface area contributed by atoms with Crippen LogP contribution in [0.15, 0.2) is 11.1 Å². The second-order valence-corrected chi connectivity index (χ2v) is 7.00. The number of hydrogen-bond acceptors (Lipinski definition) is 3. The molecule has 0 radical (unpaired) electrons. The van der Waals surface area contributed by atoms with Crippen molar-refractivity contribution in [2.45, 2.75) is 44.9 Å². The maximum atomic E-state index is 11.6. The number of piperidine rings is 1. The van der Waals surface area contributed by atoms with Gasteiger partial charge in [0.05, 0.1) is 6.33 Å². The molecule has 2 aliphatic rings. The Balaban J connectivity index is 1.73. The Morgan fingerprint density at radius 1 is 1.16 bits per heavy atom. The van der Waals surface area contributed by atoms with Gasteiger partial charge in [0.1, 0.15) is 9.39 Å². The summed E-state index contributed by atoms with van der Waals surface area (Å²) in [5.41, 5.74) is 0.574. The lowest BCUT2D eigenvalue weighted by Crippen LogP contribution is -2.42. The molecule has 19 heavy (non-hydrogen) atoms. The third kappa shape index (κ3) is 2.66. The van der Waals surface area contributed by atoms with Crippen molar-refractivity contribution < 1.29 is 0 Å². The first kappa shape index (κ1) is 13.4. The van der Waals surface area contributed by atoms with Crippen molar-refractivity contribution in [3.05, 3.63) is 20.3 Å². The van der Waals surface area contributed by atoms with E-state index in [0.29, 0.717) is 5.41 Å². The van der Waals surface area contributed by atoms with Gasteiger partial charge in [-0.15, -0.1) is 0 Å². The summed E-state index contributed by atoms with van der Waals surface area (Å²) in [6.45, 7) is 2.10. The van der Waals surface area contributed by atoms with E-state index in [4.69, 9.17) is 0 Å². The van der Waals surface area contributed by atoms with E-state index in [0.717, 1.165) is 22.5 Å². The third-order valence-electron chi connectivity index (χ3n) is 4.82. The molecular formula is C14H20IN3O. The van der Waals surface area contributed by atoms with E-state index >= 15 is 0 Å². The highest BCUT2D eigenvalue weighted by Crippen LogP contribution is 2.45. The second-order valence-electron chi connectivity index (χ2n) is 5.92. The van der Waals surface area contributed by atoms with Gasteiger partial charge >= 0.3 is 0 Å². The van der Waals surface area contributed by atoms with Crippen LogP contribution in [-0.4, -0.2) is 23.1 Å². The zero-order chi connectivity index (χ0) is 13.3. The van der Waals surface area contributed by atoms with Crippen molar-refractivity contribution in [1.29, 1.82) is 0 Å². The van der Waals surface area contributed by atoms with Crippen LogP contribution in [0, 0.1) is 8.99 Å². The van der Waals surface area contributed by atoms with Gasteiger partial charge in [0.15, 0.2) is 0 Å². The van der Waals surface area contributed by atoms with Crippen LogP contribution in [0.25, 0.3) is 0 Å². The van der Waals surface area contributed by atoms with E-state index in [2.05, 4.69) is 37.5 Å². The summed E-state index contributed by atoms with van der Waals surface area (Å²) in [6, 6.07) is 0. The first-order valence-electron chi connectivity index (χ1n) is 7.18. The number of anilines is 1. The highest BCUT2D eigenvalue weighted by molar-refractivity contribution is 14.1. The van der Waals surface area contributed by atoms with Crippen molar-refractivity contribution in [2.75, 3.05) is 18.0 Å². The summed E-state index contributed by atoms with van der Waals surface area (Å²) in [5, 5.41) is 0. The van der Waals surface area contributed by atoms with Crippen LogP contribution in [0.2, 0.25) is 0 Å². The summed E-state index contributed by atoms with van der Waals surface area (Å²) in [5.74, 6) is 0.870. The summed E-state index contributed by atoms with van der Waals surface area (Å²) in [4.78, 5) is 20.9. The summed E-state index contributed by atoms with van der Waals surface area (Å²) in [6.07, 6.45) is 11.1. The zero-order valence-corrected chi connectivity index (χ0v) is 13.3. The Bertz CT molecular complexity index is 498. The minimum atomic E-state index is -0.0245. The van der Waals surface area contributed by atoms with Gasteiger partial charge in [-0.25, -0.2) is 4.98 Å². The summed E-state index contributed by atoms with van der Waals surface area (Å²) >= 11 is 2.11. The lowest BCUT2D eigenvalue weighted by molar-refractivity contribution is 0.144. The number of hydrogen-bond donors (Lipinski definition) is 1. The molecule has 1 aromatic heterocycles. The molecule has 5 heteroatoms. The minimum Gasteiger partial charge on any atom is -0.355 e. The van der Waals surface area contributed by atoms with Crippen LogP contribution in [0.1, 0.15) is 44.9 Å². The third-order valence-corrected chi connectivity index (χ3v) is 5.79. The molecule has 2 heterocycles. The van der Waals surface area contributed by atoms with Gasteiger partial charge < -0.3 is 9.88 Å². The van der Waals surface area contributed by atoms with Crippen molar-refractivity contribution in [3.63, 3.8) is 0 Å². The predicted molar refractivity (Wildman–Crippen MR) is 84.5 cm³/mol. The standard InChI is InChI=1S/C14H20IN3O/c15-11-12(16-10-17-13(11)19)18-8-6-14(7-9-18)4-2-1-3-5-14/h10H,1-9H2,(H,16,17,19). The number of halogens is 1. The van der Waals surface area contributed by atoms with Crippen LogP contribution in [-0.2, 0) is 0 Å². The van der Waals surface area contributed by atoms with Gasteiger partial charge in [-0.2, -0.15) is 0 Å². The summed E-state index contributed by atoms with van der Waals surface area (Å²) in [7, 11) is 0. The van der Waals surface area contributed by atoms with E-state index in [-0.39, 0.29) is 5.56 Å². The van der Waals surface area contributed by atoms with E-state index < -0.39 is 0 Å². The molecule has 0 aromatic carbocycles. The molecule has 1 aliphatic heterocycles. The Hall–Kier alpha value is -0.590. The van der Waals surface area contributed by atoms with Crippen molar-refractivity contribution in [3.8, 4) is 0 Å². The smallest absolute Gasteiger partial charge is 0.266 e. The molecule has 0 amide bonds. The molecule has 1 N–H and O–H groups in total. The van der Waals surface area contributed by atoms with E-state index in [1.54, 1.807) is 0 Å². The molecule has 0 atom stereocenters. The second kappa shape index (κ2) is 5.42. The number of H-pyrrole nitrogens is 1.